The number of hydrogen-bond donors (Lipinski definition) is 0. The summed E-state index contributed by atoms with van der Waals surface area (Å²) < 4.78 is 5.73. The highest BCUT2D eigenvalue weighted by Crippen LogP contribution is 2.43. The molecule has 0 radical (unpaired) electrons. The molecule has 0 aliphatic carbocycles. The molecule has 1 saturated heterocycles. The number of nitrogens with zero attached hydrogens (tertiary/aromatic N) is 2. The predicted octanol–water partition coefficient (Wildman–Crippen LogP) is 7.00. The summed E-state index contributed by atoms with van der Waals surface area (Å²) in [6, 6.07) is 11.3. The number of thioether (sulfide) groups is 1. The molecule has 5 nitrogen and oxygen atoms in total. The monoisotopic (exact) mass is 496 g/mol. The van der Waals surface area contributed by atoms with E-state index in [9.17, 15) is 9.59 Å². The molecule has 0 spiro atoms. The molecule has 0 N–H and O–H groups in total. The standard InChI is InChI=1S/C27H29ClN2O3S/c1-6-11-30-22-14-23(33-5)19(12-21(22)17(2)15-27(30,3)4)13-24-25(31)29(26(32)34-24)16-18-7-9-20(28)10-8-18/h7-10,12-15H,6,11,16H2,1-5H3/b24-13+. The molecule has 0 saturated carbocycles. The lowest BCUT2D eigenvalue weighted by Gasteiger charge is -2.43. The van der Waals surface area contributed by atoms with Crippen LogP contribution in [0.15, 0.2) is 47.4 Å². The summed E-state index contributed by atoms with van der Waals surface area (Å²) in [6.07, 6.45) is 5.07. The van der Waals surface area contributed by atoms with Crippen LogP contribution in [0.5, 0.6) is 5.75 Å². The molecule has 1 fully saturated rings. The van der Waals surface area contributed by atoms with Gasteiger partial charge in [-0.15, -0.1) is 0 Å². The molecule has 178 valence electrons. The molecular weight excluding hydrogens is 468 g/mol. The lowest BCUT2D eigenvalue weighted by atomic mass is 9.87. The van der Waals surface area contributed by atoms with Gasteiger partial charge in [-0.1, -0.05) is 36.7 Å². The van der Waals surface area contributed by atoms with Gasteiger partial charge in [-0.25, -0.2) is 0 Å². The summed E-state index contributed by atoms with van der Waals surface area (Å²) in [5, 5.41) is 0.331. The van der Waals surface area contributed by atoms with Crippen molar-refractivity contribution in [2.75, 3.05) is 18.6 Å². The van der Waals surface area contributed by atoms with Crippen LogP contribution in [0.25, 0.3) is 11.6 Å². The molecule has 4 rings (SSSR count). The summed E-state index contributed by atoms with van der Waals surface area (Å²) in [6.45, 7) is 9.85. The van der Waals surface area contributed by atoms with Crippen molar-refractivity contribution in [2.45, 2.75) is 46.2 Å². The maximum absolute atomic E-state index is 13.1. The molecule has 7 heteroatoms. The Kier molecular flexibility index (Phi) is 6.83. The first-order chi connectivity index (χ1) is 16.1. The Labute approximate surface area is 210 Å². The molecule has 0 atom stereocenters. The molecule has 0 unspecified atom stereocenters. The Morgan fingerprint density at radius 1 is 1.15 bits per heavy atom. The number of amides is 2. The van der Waals surface area contributed by atoms with Crippen molar-refractivity contribution < 1.29 is 14.3 Å². The molecule has 2 heterocycles. The smallest absolute Gasteiger partial charge is 0.293 e. The summed E-state index contributed by atoms with van der Waals surface area (Å²) in [4.78, 5) is 29.8. The van der Waals surface area contributed by atoms with Crippen molar-refractivity contribution in [1.29, 1.82) is 0 Å². The number of methoxy groups -OCH3 is 1. The summed E-state index contributed by atoms with van der Waals surface area (Å²) >= 11 is 6.91. The second-order valence-corrected chi connectivity index (χ2v) is 10.6. The van der Waals surface area contributed by atoms with Crippen molar-refractivity contribution in [2.24, 2.45) is 0 Å². The molecular formula is C27H29ClN2O3S. The van der Waals surface area contributed by atoms with Crippen LogP contribution in [-0.4, -0.2) is 35.2 Å². The zero-order chi connectivity index (χ0) is 24.6. The Bertz CT molecular complexity index is 1200. The van der Waals surface area contributed by atoms with Crippen molar-refractivity contribution in [3.63, 3.8) is 0 Å². The van der Waals surface area contributed by atoms with Gasteiger partial charge in [0.25, 0.3) is 11.1 Å². The van der Waals surface area contributed by atoms with E-state index in [0.29, 0.717) is 15.7 Å². The number of imide groups is 1. The van der Waals surface area contributed by atoms with Crippen LogP contribution in [0.1, 0.15) is 50.8 Å². The lowest BCUT2D eigenvalue weighted by Crippen LogP contribution is -2.45. The third-order valence-electron chi connectivity index (χ3n) is 6.19. The van der Waals surface area contributed by atoms with Gasteiger partial charge in [0.2, 0.25) is 0 Å². The fourth-order valence-corrected chi connectivity index (χ4v) is 5.55. The quantitative estimate of drug-likeness (QED) is 0.403. The Morgan fingerprint density at radius 2 is 1.85 bits per heavy atom. The van der Waals surface area contributed by atoms with Gasteiger partial charge in [-0.2, -0.15) is 0 Å². The van der Waals surface area contributed by atoms with Gasteiger partial charge in [-0.3, -0.25) is 14.5 Å². The SMILES string of the molecule is CCCN1c2cc(OC)c(/C=C3/SC(=O)N(Cc4ccc(Cl)cc4)C3=O)cc2C(C)=CC1(C)C. The Balaban J connectivity index is 1.69. The molecule has 2 aliphatic rings. The van der Waals surface area contributed by atoms with E-state index in [0.717, 1.165) is 47.1 Å². The van der Waals surface area contributed by atoms with Crippen LogP contribution in [-0.2, 0) is 11.3 Å². The number of benzene rings is 2. The van der Waals surface area contributed by atoms with Crippen molar-refractivity contribution in [3.05, 3.63) is 69.1 Å². The largest absolute Gasteiger partial charge is 0.496 e. The number of hydrogen-bond acceptors (Lipinski definition) is 5. The van der Waals surface area contributed by atoms with Gasteiger partial charge >= 0.3 is 0 Å². The maximum atomic E-state index is 13.1. The fourth-order valence-electron chi connectivity index (χ4n) is 4.59. The number of carbonyl (C=O) groups excluding carboxylic acids is 2. The van der Waals surface area contributed by atoms with E-state index in [2.05, 4.69) is 44.7 Å². The normalized spacial score (nSPS) is 18.4. The van der Waals surface area contributed by atoms with Crippen LogP contribution in [0.3, 0.4) is 0 Å². The second kappa shape index (κ2) is 9.51. The predicted molar refractivity (Wildman–Crippen MR) is 141 cm³/mol. The fraction of sp³-hybridized carbons (Fsp3) is 0.333. The summed E-state index contributed by atoms with van der Waals surface area (Å²) in [5.41, 5.74) is 4.93. The third kappa shape index (κ3) is 4.62. The first kappa shape index (κ1) is 24.4. The lowest BCUT2D eigenvalue weighted by molar-refractivity contribution is -0.123. The van der Waals surface area contributed by atoms with E-state index >= 15 is 0 Å². The molecule has 2 aliphatic heterocycles. The average Bonchev–Trinajstić information content (AvgIpc) is 3.05. The van der Waals surface area contributed by atoms with E-state index in [1.165, 1.54) is 10.5 Å². The minimum Gasteiger partial charge on any atom is -0.496 e. The highest BCUT2D eigenvalue weighted by atomic mass is 35.5. The van der Waals surface area contributed by atoms with E-state index in [4.69, 9.17) is 16.3 Å². The minimum absolute atomic E-state index is 0.107. The third-order valence-corrected chi connectivity index (χ3v) is 7.35. The van der Waals surface area contributed by atoms with Gasteiger partial charge < -0.3 is 9.64 Å². The summed E-state index contributed by atoms with van der Waals surface area (Å²) in [7, 11) is 1.63. The zero-order valence-corrected chi connectivity index (χ0v) is 21.7. The first-order valence-corrected chi connectivity index (χ1v) is 12.5. The van der Waals surface area contributed by atoms with Gasteiger partial charge in [0.1, 0.15) is 5.75 Å². The van der Waals surface area contributed by atoms with Gasteiger partial charge in [0, 0.05) is 34.4 Å². The molecule has 2 aromatic rings. The Hall–Kier alpha value is -2.70. The van der Waals surface area contributed by atoms with Gasteiger partial charge in [0.15, 0.2) is 0 Å². The first-order valence-electron chi connectivity index (χ1n) is 11.3. The average molecular weight is 497 g/mol. The number of allylic oxidation sites excluding steroid dienone is 1. The molecule has 2 amide bonds. The van der Waals surface area contributed by atoms with Crippen molar-refractivity contribution >= 4 is 51.8 Å². The van der Waals surface area contributed by atoms with E-state index in [1.807, 2.05) is 18.2 Å². The number of halogens is 1. The number of carbonyl (C=O) groups is 2. The number of rotatable bonds is 6. The maximum Gasteiger partial charge on any atom is 0.293 e. The second-order valence-electron chi connectivity index (χ2n) is 9.14. The van der Waals surface area contributed by atoms with Crippen LogP contribution in [0.2, 0.25) is 5.02 Å². The Morgan fingerprint density at radius 3 is 2.50 bits per heavy atom. The van der Waals surface area contributed by atoms with Crippen LogP contribution in [0.4, 0.5) is 10.5 Å². The minimum atomic E-state index is -0.300. The van der Waals surface area contributed by atoms with Gasteiger partial charge in [-0.05, 0) is 74.4 Å². The number of ether oxygens (including phenoxy) is 1. The van der Waals surface area contributed by atoms with E-state index < -0.39 is 0 Å². The van der Waals surface area contributed by atoms with Crippen LogP contribution < -0.4 is 9.64 Å². The molecule has 2 aromatic carbocycles. The van der Waals surface area contributed by atoms with E-state index in [-0.39, 0.29) is 23.2 Å². The van der Waals surface area contributed by atoms with Crippen LogP contribution in [0, 0.1) is 0 Å². The summed E-state index contributed by atoms with van der Waals surface area (Å²) in [5.74, 6) is 0.376. The van der Waals surface area contributed by atoms with Crippen LogP contribution >= 0.6 is 23.4 Å². The highest BCUT2D eigenvalue weighted by Gasteiger charge is 2.36. The molecule has 34 heavy (non-hydrogen) atoms. The molecule has 0 bridgehead atoms. The zero-order valence-electron chi connectivity index (χ0n) is 20.1. The van der Waals surface area contributed by atoms with Gasteiger partial charge in [0.05, 0.1) is 24.1 Å². The van der Waals surface area contributed by atoms with E-state index in [1.54, 1.807) is 25.3 Å². The molecule has 0 aromatic heterocycles. The number of fused-ring (bicyclic) bond motifs is 1. The number of anilines is 1. The van der Waals surface area contributed by atoms with Crippen molar-refractivity contribution in [3.8, 4) is 5.75 Å². The topological polar surface area (TPSA) is 49.9 Å². The highest BCUT2D eigenvalue weighted by molar-refractivity contribution is 8.18. The van der Waals surface area contributed by atoms with Crippen molar-refractivity contribution in [1.82, 2.24) is 4.90 Å².